The summed E-state index contributed by atoms with van der Waals surface area (Å²) in [6.45, 7) is 11.6. The molecule has 0 aromatic heterocycles. The first-order valence-electron chi connectivity index (χ1n) is 14.1. The van der Waals surface area contributed by atoms with Gasteiger partial charge in [0.25, 0.3) is 0 Å². The van der Waals surface area contributed by atoms with Gasteiger partial charge >= 0.3 is 5.97 Å². The smallest absolute Gasteiger partial charge is 0.302 e. The maximum atomic E-state index is 14.1. The fourth-order valence-corrected chi connectivity index (χ4v) is 10.3. The van der Waals surface area contributed by atoms with Gasteiger partial charge in [-0.3, -0.25) is 9.59 Å². The molecule has 5 heteroatoms. The molecule has 6 fully saturated rings. The molecule has 0 radical (unpaired) electrons. The third-order valence-corrected chi connectivity index (χ3v) is 12.1. The fourth-order valence-electron chi connectivity index (χ4n) is 10.3. The highest BCUT2D eigenvalue weighted by Gasteiger charge is 2.71. The zero-order valence-electron chi connectivity index (χ0n) is 21.8. The molecule has 0 N–H and O–H groups in total. The van der Waals surface area contributed by atoms with Gasteiger partial charge in [-0.2, -0.15) is 0 Å². The van der Waals surface area contributed by atoms with E-state index in [2.05, 4.69) is 27.7 Å². The molecule has 4 saturated carbocycles. The molecule has 6 rings (SSSR count). The van der Waals surface area contributed by atoms with Crippen LogP contribution in [0.4, 0.5) is 0 Å². The lowest BCUT2D eigenvalue weighted by atomic mass is 9.44. The molecule has 8 unspecified atom stereocenters. The Morgan fingerprint density at radius 3 is 2.53 bits per heavy atom. The maximum Gasteiger partial charge on any atom is 0.302 e. The van der Waals surface area contributed by atoms with Crippen molar-refractivity contribution in [1.29, 1.82) is 0 Å². The summed E-state index contributed by atoms with van der Waals surface area (Å²) >= 11 is 0. The van der Waals surface area contributed by atoms with Crippen LogP contribution in [0.3, 0.4) is 0 Å². The van der Waals surface area contributed by atoms with Gasteiger partial charge in [-0.1, -0.05) is 27.7 Å². The van der Waals surface area contributed by atoms with Crippen LogP contribution in [0.2, 0.25) is 0 Å². The summed E-state index contributed by atoms with van der Waals surface area (Å²) < 4.78 is 18.8. The molecule has 2 aliphatic heterocycles. The van der Waals surface area contributed by atoms with Crippen molar-refractivity contribution in [2.45, 2.75) is 110 Å². The Bertz CT molecular complexity index is 861. The molecule has 0 aromatic rings. The highest BCUT2D eigenvalue weighted by atomic mass is 16.7. The first-order valence-corrected chi connectivity index (χ1v) is 14.1. The van der Waals surface area contributed by atoms with Crippen LogP contribution in [-0.2, 0) is 23.8 Å². The van der Waals surface area contributed by atoms with Crippen LogP contribution in [0, 0.1) is 52.3 Å². The molecule has 2 saturated heterocycles. The molecule has 12 atom stereocenters. The minimum Gasteiger partial charge on any atom is -0.463 e. The minimum absolute atomic E-state index is 0.0613. The molecule has 2 heterocycles. The zero-order chi connectivity index (χ0) is 24.0. The summed E-state index contributed by atoms with van der Waals surface area (Å²) in [6, 6.07) is 0. The van der Waals surface area contributed by atoms with Crippen LogP contribution in [-0.4, -0.2) is 36.4 Å². The summed E-state index contributed by atoms with van der Waals surface area (Å²) in [5, 5.41) is 0. The van der Waals surface area contributed by atoms with Crippen LogP contribution < -0.4 is 0 Å². The van der Waals surface area contributed by atoms with Gasteiger partial charge in [0.1, 0.15) is 11.9 Å². The number of Topliss-reactive ketones (excluding diaryl/α,β-unsaturated/α-hetero) is 1. The molecule has 6 aliphatic rings. The topological polar surface area (TPSA) is 61.8 Å². The van der Waals surface area contributed by atoms with Gasteiger partial charge in [-0.05, 0) is 80.0 Å². The number of hydrogen-bond donors (Lipinski definition) is 0. The van der Waals surface area contributed by atoms with E-state index in [9.17, 15) is 9.59 Å². The Hall–Kier alpha value is -0.940. The second-order valence-electron chi connectivity index (χ2n) is 13.5. The summed E-state index contributed by atoms with van der Waals surface area (Å²) in [7, 11) is 0. The summed E-state index contributed by atoms with van der Waals surface area (Å²) in [4.78, 5) is 25.7. The van der Waals surface area contributed by atoms with Crippen molar-refractivity contribution < 1.29 is 23.8 Å². The van der Waals surface area contributed by atoms with E-state index >= 15 is 0 Å². The molecule has 5 nitrogen and oxygen atoms in total. The highest BCUT2D eigenvalue weighted by molar-refractivity contribution is 5.87. The van der Waals surface area contributed by atoms with E-state index in [1.54, 1.807) is 0 Å². The van der Waals surface area contributed by atoms with Crippen LogP contribution in [0.5, 0.6) is 0 Å². The Morgan fingerprint density at radius 1 is 1.03 bits per heavy atom. The van der Waals surface area contributed by atoms with E-state index in [0.717, 1.165) is 51.6 Å². The molecule has 1 spiro atoms. The highest BCUT2D eigenvalue weighted by Crippen LogP contribution is 2.70. The average Bonchev–Trinajstić information content (AvgIpc) is 3.23. The normalized spacial score (nSPS) is 56.4. The monoisotopic (exact) mass is 472 g/mol. The van der Waals surface area contributed by atoms with Gasteiger partial charge < -0.3 is 14.2 Å². The standard InChI is InChI=1S/C29H44O5/c1-16-8-11-29(32-15-16)17(2)26-24(34-29)13-23-21-7-6-19-12-20(33-18(3)30)9-10-27(19,4)22(21)14-25(31)28(23,26)5/h16-17,19-24,26H,6-15H2,1-5H3/t16?,17-,19-,20?,21?,22?,23?,24?,26?,27-,28+,29?/m0/s1. The van der Waals surface area contributed by atoms with Crippen molar-refractivity contribution in [3.63, 3.8) is 0 Å². The second-order valence-corrected chi connectivity index (χ2v) is 13.5. The Kier molecular flexibility index (Phi) is 5.37. The fraction of sp³-hybridized carbons (Fsp3) is 0.931. The first-order chi connectivity index (χ1) is 16.1. The first kappa shape index (κ1) is 23.5. The molecular weight excluding hydrogens is 428 g/mol. The van der Waals surface area contributed by atoms with Crippen molar-refractivity contribution >= 4 is 11.8 Å². The molecule has 4 aliphatic carbocycles. The zero-order valence-corrected chi connectivity index (χ0v) is 21.8. The van der Waals surface area contributed by atoms with Crippen LogP contribution in [0.15, 0.2) is 0 Å². The minimum atomic E-state index is -0.467. The van der Waals surface area contributed by atoms with Crippen molar-refractivity contribution in [2.24, 2.45) is 52.3 Å². The number of carbonyl (C=O) groups excluding carboxylic acids is 2. The summed E-state index contributed by atoms with van der Waals surface area (Å²) in [5.41, 5.74) is -0.0934. The average molecular weight is 473 g/mol. The van der Waals surface area contributed by atoms with Gasteiger partial charge in [0, 0.05) is 37.0 Å². The number of esters is 1. The Labute approximate surface area is 205 Å². The second kappa shape index (κ2) is 7.78. The Balaban J connectivity index is 1.25. The van der Waals surface area contributed by atoms with E-state index < -0.39 is 5.79 Å². The van der Waals surface area contributed by atoms with E-state index in [1.807, 2.05) is 0 Å². The van der Waals surface area contributed by atoms with Gasteiger partial charge in [0.15, 0.2) is 5.79 Å². The summed E-state index contributed by atoms with van der Waals surface area (Å²) in [6.07, 6.45) is 9.47. The third kappa shape index (κ3) is 3.11. The van der Waals surface area contributed by atoms with Gasteiger partial charge in [-0.25, -0.2) is 0 Å². The lowest BCUT2D eigenvalue weighted by molar-refractivity contribution is -0.272. The predicted molar refractivity (Wildman–Crippen MR) is 128 cm³/mol. The summed E-state index contributed by atoms with van der Waals surface area (Å²) in [5.74, 6) is 3.07. The van der Waals surface area contributed by atoms with Crippen molar-refractivity contribution in [3.8, 4) is 0 Å². The van der Waals surface area contributed by atoms with Crippen molar-refractivity contribution in [1.82, 2.24) is 0 Å². The van der Waals surface area contributed by atoms with Crippen LogP contribution in [0.1, 0.15) is 92.4 Å². The largest absolute Gasteiger partial charge is 0.463 e. The molecule has 190 valence electrons. The quantitative estimate of drug-likeness (QED) is 0.469. The number of rotatable bonds is 1. The molecule has 0 amide bonds. The number of ketones is 1. The molecule has 34 heavy (non-hydrogen) atoms. The van der Waals surface area contributed by atoms with E-state index in [4.69, 9.17) is 14.2 Å². The van der Waals surface area contributed by atoms with E-state index in [0.29, 0.717) is 35.4 Å². The van der Waals surface area contributed by atoms with Crippen LogP contribution in [0.25, 0.3) is 0 Å². The SMILES string of the molecule is CC(=O)OC1CC[C@]2(C)C3CC(=O)[C@@]4(C)C(CC5OC6(CCC(C)CO6)[C@@H](C)C54)C3CC[C@H]2C1. The molecular formula is C29H44O5. The lowest BCUT2D eigenvalue weighted by Crippen LogP contribution is -2.58. The number of hydrogen-bond acceptors (Lipinski definition) is 5. The predicted octanol–water partition coefficient (Wildman–Crippen LogP) is 5.54. The maximum absolute atomic E-state index is 14.1. The number of fused-ring (bicyclic) bond motifs is 7. The Morgan fingerprint density at radius 2 is 1.82 bits per heavy atom. The molecule has 0 aromatic carbocycles. The molecule has 0 bridgehead atoms. The van der Waals surface area contributed by atoms with Gasteiger partial charge in [-0.15, -0.1) is 0 Å². The lowest BCUT2D eigenvalue weighted by Gasteiger charge is -2.60. The number of carbonyl (C=O) groups is 2. The van der Waals surface area contributed by atoms with Crippen LogP contribution >= 0.6 is 0 Å². The third-order valence-electron chi connectivity index (χ3n) is 12.1. The van der Waals surface area contributed by atoms with Gasteiger partial charge in [0.2, 0.25) is 0 Å². The van der Waals surface area contributed by atoms with E-state index in [1.165, 1.54) is 19.8 Å². The number of ether oxygens (including phenoxy) is 3. The van der Waals surface area contributed by atoms with Gasteiger partial charge in [0.05, 0.1) is 12.7 Å². The van der Waals surface area contributed by atoms with Crippen molar-refractivity contribution in [2.75, 3.05) is 6.61 Å². The van der Waals surface area contributed by atoms with E-state index in [-0.39, 0.29) is 40.8 Å². The van der Waals surface area contributed by atoms with Crippen molar-refractivity contribution in [3.05, 3.63) is 0 Å².